The van der Waals surface area contributed by atoms with Crippen molar-refractivity contribution >= 4 is 29.8 Å². The smallest absolute Gasteiger partial charge is 0.303 e. The summed E-state index contributed by atoms with van der Waals surface area (Å²) in [7, 11) is 0. The molecule has 2 aromatic carbocycles. The van der Waals surface area contributed by atoms with E-state index >= 15 is 0 Å². The molecule has 3 rings (SSSR count). The third kappa shape index (κ3) is 16.9. The molecule has 0 bridgehead atoms. The first-order valence-electron chi connectivity index (χ1n) is 19.0. The molecule has 278 valence electrons. The Morgan fingerprint density at radius 2 is 1.62 bits per heavy atom. The minimum Gasteiger partial charge on any atom is -0.481 e. The molecule has 5 atom stereocenters. The highest BCUT2D eigenvalue weighted by Gasteiger charge is 2.37. The number of nitrogens with two attached hydrogens (primary N) is 1. The average molecular weight is 694 g/mol. The van der Waals surface area contributed by atoms with Gasteiger partial charge >= 0.3 is 5.97 Å². The molecule has 1 heterocycles. The number of ether oxygens (including phenoxy) is 1. The van der Waals surface area contributed by atoms with Crippen molar-refractivity contribution in [3.63, 3.8) is 0 Å². The number of hydrogen-bond acceptors (Lipinski definition) is 6. The Bertz CT molecular complexity index is 1230. The van der Waals surface area contributed by atoms with Gasteiger partial charge in [-0.15, -0.1) is 0 Å². The summed E-state index contributed by atoms with van der Waals surface area (Å²) in [4.78, 5) is 50.0. The second kappa shape index (κ2) is 25.4. The number of anilines is 1. The van der Waals surface area contributed by atoms with Crippen LogP contribution in [-0.4, -0.2) is 65.9 Å². The molecule has 9 nitrogen and oxygen atoms in total. The molecule has 1 aliphatic heterocycles. The third-order valence-electron chi connectivity index (χ3n) is 9.79. The Balaban J connectivity index is 0.00000425. The van der Waals surface area contributed by atoms with Crippen LogP contribution in [0.4, 0.5) is 5.69 Å². The lowest BCUT2D eigenvalue weighted by Crippen LogP contribution is -2.53. The summed E-state index contributed by atoms with van der Waals surface area (Å²) in [5.41, 5.74) is 8.04. The van der Waals surface area contributed by atoms with Crippen molar-refractivity contribution in [2.24, 2.45) is 23.5 Å². The van der Waals surface area contributed by atoms with Crippen LogP contribution in [0.5, 0.6) is 0 Å². The number of likely N-dealkylation sites (tertiary alicyclic amines) is 1. The number of primary amides is 1. The molecule has 0 spiro atoms. The topological polar surface area (TPSA) is 139 Å². The van der Waals surface area contributed by atoms with Gasteiger partial charge in [0.25, 0.3) is 0 Å². The van der Waals surface area contributed by atoms with Gasteiger partial charge in [0.1, 0.15) is 6.29 Å². The van der Waals surface area contributed by atoms with E-state index in [9.17, 15) is 19.2 Å². The SMILES string of the molecule is CC.CCOC(CCCC(CCCC(=O)O)CC(=O)Nc1ccccc1)CCN1CC(CCc2ccccc2)C(CCCC=O)CC1C(N)=O. The van der Waals surface area contributed by atoms with E-state index < -0.39 is 5.97 Å². The van der Waals surface area contributed by atoms with Crippen molar-refractivity contribution in [1.29, 1.82) is 0 Å². The summed E-state index contributed by atoms with van der Waals surface area (Å²) < 4.78 is 6.17. The molecule has 0 aromatic heterocycles. The van der Waals surface area contributed by atoms with E-state index in [0.29, 0.717) is 50.7 Å². The number of rotatable bonds is 24. The van der Waals surface area contributed by atoms with Crippen molar-refractivity contribution < 1.29 is 29.0 Å². The Kier molecular flexibility index (Phi) is 21.6. The minimum absolute atomic E-state index is 0.00873. The van der Waals surface area contributed by atoms with Gasteiger partial charge in [0.2, 0.25) is 11.8 Å². The molecular formula is C41H63N3O6. The quantitative estimate of drug-likeness (QED) is 0.0758. The zero-order chi connectivity index (χ0) is 36.6. The van der Waals surface area contributed by atoms with E-state index in [-0.39, 0.29) is 36.3 Å². The second-order valence-corrected chi connectivity index (χ2v) is 13.4. The summed E-state index contributed by atoms with van der Waals surface area (Å²) in [6, 6.07) is 19.5. The predicted octanol–water partition coefficient (Wildman–Crippen LogP) is 7.67. The Morgan fingerprint density at radius 3 is 2.26 bits per heavy atom. The van der Waals surface area contributed by atoms with Gasteiger partial charge in [0, 0.05) is 44.6 Å². The van der Waals surface area contributed by atoms with Crippen molar-refractivity contribution in [2.45, 2.75) is 123 Å². The number of aldehydes is 1. The first-order valence-corrected chi connectivity index (χ1v) is 19.0. The van der Waals surface area contributed by atoms with Gasteiger partial charge in [-0.25, -0.2) is 0 Å². The molecule has 0 aliphatic carbocycles. The van der Waals surface area contributed by atoms with Crippen LogP contribution in [0.3, 0.4) is 0 Å². The molecule has 0 radical (unpaired) electrons. The monoisotopic (exact) mass is 693 g/mol. The lowest BCUT2D eigenvalue weighted by Gasteiger charge is -2.43. The van der Waals surface area contributed by atoms with Crippen LogP contribution >= 0.6 is 0 Å². The number of nitrogens with zero attached hydrogens (tertiary/aromatic N) is 1. The number of hydrogen-bond donors (Lipinski definition) is 3. The number of para-hydroxylation sites is 1. The number of aryl methyl sites for hydroxylation is 1. The van der Waals surface area contributed by atoms with Crippen LogP contribution in [0.2, 0.25) is 0 Å². The average Bonchev–Trinajstić information content (AvgIpc) is 3.11. The van der Waals surface area contributed by atoms with E-state index in [2.05, 4.69) is 34.5 Å². The molecule has 9 heteroatoms. The Hall–Kier alpha value is -3.56. The van der Waals surface area contributed by atoms with Crippen molar-refractivity contribution in [1.82, 2.24) is 4.90 Å². The molecule has 5 unspecified atom stereocenters. The molecule has 1 saturated heterocycles. The fourth-order valence-electron chi connectivity index (χ4n) is 7.27. The normalized spacial score (nSPS) is 18.7. The van der Waals surface area contributed by atoms with E-state index in [0.717, 1.165) is 76.3 Å². The van der Waals surface area contributed by atoms with Gasteiger partial charge in [-0.3, -0.25) is 19.3 Å². The second-order valence-electron chi connectivity index (χ2n) is 13.4. The maximum absolute atomic E-state index is 12.8. The Morgan fingerprint density at radius 1 is 0.940 bits per heavy atom. The van der Waals surface area contributed by atoms with Crippen LogP contribution < -0.4 is 11.1 Å². The number of benzene rings is 2. The maximum atomic E-state index is 12.8. The molecule has 1 fully saturated rings. The Labute approximate surface area is 300 Å². The predicted molar refractivity (Wildman–Crippen MR) is 201 cm³/mol. The van der Waals surface area contributed by atoms with Gasteiger partial charge in [0.15, 0.2) is 0 Å². The lowest BCUT2D eigenvalue weighted by atomic mass is 9.76. The van der Waals surface area contributed by atoms with Crippen molar-refractivity contribution in [3.8, 4) is 0 Å². The summed E-state index contributed by atoms with van der Waals surface area (Å²) in [6.07, 6.45) is 10.9. The van der Waals surface area contributed by atoms with Crippen molar-refractivity contribution in [2.75, 3.05) is 25.0 Å². The number of unbranched alkanes of at least 4 members (excludes halogenated alkanes) is 1. The van der Waals surface area contributed by atoms with Gasteiger partial charge in [-0.1, -0.05) is 68.8 Å². The van der Waals surface area contributed by atoms with E-state index in [1.165, 1.54) is 5.56 Å². The largest absolute Gasteiger partial charge is 0.481 e. The molecule has 2 aromatic rings. The number of carboxylic acid groups (broad SMARTS) is 1. The zero-order valence-electron chi connectivity index (χ0n) is 30.8. The standard InChI is InChI=1S/C39H57N3O6.C2H6/c1-2-48-35(20-11-15-31(16-12-21-38(45)46)27-37(44)41-34-18-7-4-8-19-34)24-25-42-29-33(23-22-30-13-5-3-6-14-30)32(17-9-10-26-43)28-36(42)39(40)47;1-2/h3-8,13-14,18-19,26,31-33,35-36H,2,9-12,15-17,20-25,27-29H2,1H3,(H2,40,47)(H,41,44)(H,45,46);1-2H3. The number of nitrogens with one attached hydrogen (secondary N) is 1. The van der Waals surface area contributed by atoms with Crippen LogP contribution in [-0.2, 0) is 30.3 Å². The van der Waals surface area contributed by atoms with E-state index in [4.69, 9.17) is 15.6 Å². The molecule has 0 saturated carbocycles. The first-order chi connectivity index (χ1) is 24.3. The highest BCUT2D eigenvalue weighted by molar-refractivity contribution is 5.90. The van der Waals surface area contributed by atoms with Crippen molar-refractivity contribution in [3.05, 3.63) is 66.2 Å². The molecule has 2 amide bonds. The van der Waals surface area contributed by atoms with Crippen LogP contribution in [0, 0.1) is 17.8 Å². The van der Waals surface area contributed by atoms with E-state index in [1.807, 2.05) is 57.2 Å². The highest BCUT2D eigenvalue weighted by atomic mass is 16.5. The summed E-state index contributed by atoms with van der Waals surface area (Å²) in [5.74, 6) is -0.327. The zero-order valence-corrected chi connectivity index (χ0v) is 30.8. The molecular weight excluding hydrogens is 630 g/mol. The fraction of sp³-hybridized carbons (Fsp3) is 0.610. The molecule has 50 heavy (non-hydrogen) atoms. The fourth-order valence-corrected chi connectivity index (χ4v) is 7.27. The number of amides is 2. The van der Waals surface area contributed by atoms with Gasteiger partial charge < -0.3 is 25.7 Å². The number of aliphatic carboxylic acids is 1. The number of piperidine rings is 1. The summed E-state index contributed by atoms with van der Waals surface area (Å²) in [5, 5.41) is 12.1. The highest BCUT2D eigenvalue weighted by Crippen LogP contribution is 2.35. The summed E-state index contributed by atoms with van der Waals surface area (Å²) >= 11 is 0. The minimum atomic E-state index is -0.819. The molecule has 1 aliphatic rings. The number of carbonyl (C=O) groups excluding carboxylic acids is 3. The van der Waals surface area contributed by atoms with Gasteiger partial charge in [-0.2, -0.15) is 0 Å². The van der Waals surface area contributed by atoms with E-state index in [1.54, 1.807) is 0 Å². The van der Waals surface area contributed by atoms with Gasteiger partial charge in [-0.05, 0) is 107 Å². The first kappa shape index (κ1) is 42.6. The molecule has 4 N–H and O–H groups in total. The van der Waals surface area contributed by atoms with Gasteiger partial charge in [0.05, 0.1) is 12.1 Å². The van der Waals surface area contributed by atoms with Crippen LogP contribution in [0.15, 0.2) is 60.7 Å². The maximum Gasteiger partial charge on any atom is 0.303 e. The van der Waals surface area contributed by atoms with Crippen LogP contribution in [0.1, 0.15) is 110 Å². The lowest BCUT2D eigenvalue weighted by molar-refractivity contribution is -0.137. The number of carbonyl (C=O) groups is 4. The number of carboxylic acids is 1. The third-order valence-corrected chi connectivity index (χ3v) is 9.79. The summed E-state index contributed by atoms with van der Waals surface area (Å²) in [6.45, 7) is 8.09. The van der Waals surface area contributed by atoms with Crippen LogP contribution in [0.25, 0.3) is 0 Å².